The van der Waals surface area contributed by atoms with Gasteiger partial charge < -0.3 is 10.4 Å². The van der Waals surface area contributed by atoms with E-state index in [2.05, 4.69) is 17.3 Å². The van der Waals surface area contributed by atoms with Gasteiger partial charge in [0.1, 0.15) is 5.54 Å². The van der Waals surface area contributed by atoms with Crippen molar-refractivity contribution in [3.8, 4) is 0 Å². The minimum absolute atomic E-state index is 0.143. The van der Waals surface area contributed by atoms with Crippen molar-refractivity contribution in [1.82, 2.24) is 15.1 Å². The van der Waals surface area contributed by atoms with E-state index < -0.39 is 11.5 Å². The van der Waals surface area contributed by atoms with Crippen LogP contribution < -0.4 is 5.32 Å². The van der Waals surface area contributed by atoms with Gasteiger partial charge in [-0.15, -0.1) is 0 Å². The van der Waals surface area contributed by atoms with Gasteiger partial charge >= 0.3 is 5.97 Å². The summed E-state index contributed by atoms with van der Waals surface area (Å²) < 4.78 is 1.87. The summed E-state index contributed by atoms with van der Waals surface area (Å²) in [6, 6.07) is 0. The standard InChI is InChI=1S/C15H24ClN3O2/c1-3-8-17-15(14(20)21)7-4-5-12(15)6-9-19-11(2)13(16)10-18-19/h10,12,17H,3-9H2,1-2H3,(H,20,21). The van der Waals surface area contributed by atoms with Gasteiger partial charge in [0.2, 0.25) is 0 Å². The number of aliphatic carboxylic acids is 1. The van der Waals surface area contributed by atoms with Gasteiger partial charge in [-0.25, -0.2) is 0 Å². The van der Waals surface area contributed by atoms with Gasteiger partial charge in [0.15, 0.2) is 0 Å². The van der Waals surface area contributed by atoms with E-state index in [1.54, 1.807) is 6.20 Å². The highest BCUT2D eigenvalue weighted by Crippen LogP contribution is 2.38. The number of hydrogen-bond donors (Lipinski definition) is 2. The van der Waals surface area contributed by atoms with Crippen molar-refractivity contribution in [3.05, 3.63) is 16.9 Å². The molecule has 1 heterocycles. The molecule has 21 heavy (non-hydrogen) atoms. The van der Waals surface area contributed by atoms with Crippen LogP contribution in [0.15, 0.2) is 6.20 Å². The van der Waals surface area contributed by atoms with Gasteiger partial charge in [-0.1, -0.05) is 24.9 Å². The number of hydrogen-bond acceptors (Lipinski definition) is 3. The summed E-state index contributed by atoms with van der Waals surface area (Å²) in [5.41, 5.74) is 0.179. The summed E-state index contributed by atoms with van der Waals surface area (Å²) in [5, 5.41) is 17.9. The topological polar surface area (TPSA) is 67.2 Å². The molecule has 1 aromatic heterocycles. The quantitative estimate of drug-likeness (QED) is 0.812. The second-order valence-corrected chi connectivity index (χ2v) is 6.29. The zero-order valence-corrected chi connectivity index (χ0v) is 13.5. The summed E-state index contributed by atoms with van der Waals surface area (Å²) in [5.74, 6) is -0.572. The molecule has 5 nitrogen and oxygen atoms in total. The number of aryl methyl sites for hydroxylation is 1. The largest absolute Gasteiger partial charge is 0.480 e. The van der Waals surface area contributed by atoms with Crippen LogP contribution in [0.25, 0.3) is 0 Å². The summed E-state index contributed by atoms with van der Waals surface area (Å²) >= 11 is 6.01. The molecular weight excluding hydrogens is 290 g/mol. The molecule has 0 spiro atoms. The molecular formula is C15H24ClN3O2. The maximum Gasteiger partial charge on any atom is 0.324 e. The number of nitrogens with one attached hydrogen (secondary N) is 1. The van der Waals surface area contributed by atoms with E-state index in [1.165, 1.54) is 0 Å². The fourth-order valence-electron chi connectivity index (χ4n) is 3.33. The molecule has 6 heteroatoms. The molecule has 0 radical (unpaired) electrons. The summed E-state index contributed by atoms with van der Waals surface area (Å²) in [4.78, 5) is 11.8. The Labute approximate surface area is 130 Å². The molecule has 1 aromatic rings. The maximum absolute atomic E-state index is 11.8. The lowest BCUT2D eigenvalue weighted by atomic mass is 9.84. The molecule has 0 aliphatic heterocycles. The molecule has 0 saturated heterocycles. The van der Waals surface area contributed by atoms with Crippen LogP contribution in [-0.2, 0) is 11.3 Å². The lowest BCUT2D eigenvalue weighted by molar-refractivity contribution is -0.146. The fraction of sp³-hybridized carbons (Fsp3) is 0.733. The molecule has 1 fully saturated rings. The minimum Gasteiger partial charge on any atom is -0.480 e. The Morgan fingerprint density at radius 3 is 3.00 bits per heavy atom. The Bertz CT molecular complexity index is 503. The molecule has 1 aliphatic carbocycles. The van der Waals surface area contributed by atoms with Crippen molar-refractivity contribution >= 4 is 17.6 Å². The van der Waals surface area contributed by atoms with Gasteiger partial charge in [0.25, 0.3) is 0 Å². The fourth-order valence-corrected chi connectivity index (χ4v) is 3.47. The zero-order valence-electron chi connectivity index (χ0n) is 12.7. The third-order valence-electron chi connectivity index (χ3n) is 4.63. The molecule has 1 saturated carbocycles. The maximum atomic E-state index is 11.8. The smallest absolute Gasteiger partial charge is 0.324 e. The van der Waals surface area contributed by atoms with E-state index in [4.69, 9.17) is 11.6 Å². The molecule has 1 aliphatic rings. The molecule has 0 amide bonds. The minimum atomic E-state index is -0.763. The lowest BCUT2D eigenvalue weighted by Gasteiger charge is -2.32. The van der Waals surface area contributed by atoms with Crippen LogP contribution in [0, 0.1) is 12.8 Å². The number of aromatic nitrogens is 2. The molecule has 0 aromatic carbocycles. The number of carboxylic acid groups (broad SMARTS) is 1. The van der Waals surface area contributed by atoms with Crippen LogP contribution in [0.4, 0.5) is 0 Å². The number of rotatable bonds is 7. The third-order valence-corrected chi connectivity index (χ3v) is 5.00. The lowest BCUT2D eigenvalue weighted by Crippen LogP contribution is -2.55. The summed E-state index contributed by atoms with van der Waals surface area (Å²) in [6.07, 6.45) is 6.03. The zero-order chi connectivity index (χ0) is 15.5. The second kappa shape index (κ2) is 6.79. The second-order valence-electron chi connectivity index (χ2n) is 5.88. The first kappa shape index (κ1) is 16.3. The van der Waals surface area contributed by atoms with Crippen LogP contribution in [0.1, 0.15) is 44.7 Å². The first-order valence-electron chi connectivity index (χ1n) is 7.67. The average molecular weight is 314 g/mol. The van der Waals surface area contributed by atoms with Gasteiger partial charge in [-0.05, 0) is 45.1 Å². The van der Waals surface area contributed by atoms with Crippen molar-refractivity contribution in [1.29, 1.82) is 0 Å². The summed E-state index contributed by atoms with van der Waals surface area (Å²) in [6.45, 7) is 5.45. The van der Waals surface area contributed by atoms with Gasteiger partial charge in [0, 0.05) is 6.54 Å². The predicted molar refractivity (Wildman–Crippen MR) is 82.6 cm³/mol. The SMILES string of the molecule is CCCNC1(C(=O)O)CCCC1CCn1ncc(Cl)c1C. The normalized spacial score (nSPS) is 25.4. The van der Waals surface area contributed by atoms with Crippen LogP contribution in [0.5, 0.6) is 0 Å². The first-order valence-corrected chi connectivity index (χ1v) is 8.05. The van der Waals surface area contributed by atoms with Gasteiger partial charge in [0.05, 0.1) is 16.9 Å². The van der Waals surface area contributed by atoms with Crippen LogP contribution in [0.2, 0.25) is 5.02 Å². The molecule has 2 unspecified atom stereocenters. The van der Waals surface area contributed by atoms with E-state index in [0.29, 0.717) is 18.0 Å². The van der Waals surface area contributed by atoms with Crippen LogP contribution in [0.3, 0.4) is 0 Å². The van der Waals surface area contributed by atoms with Crippen molar-refractivity contribution in [2.45, 2.75) is 58.0 Å². The Morgan fingerprint density at radius 1 is 1.67 bits per heavy atom. The number of nitrogens with zero attached hydrogens (tertiary/aromatic N) is 2. The Morgan fingerprint density at radius 2 is 2.43 bits per heavy atom. The van der Waals surface area contributed by atoms with Gasteiger partial charge in [-0.2, -0.15) is 5.10 Å². The first-order chi connectivity index (χ1) is 10.0. The molecule has 2 rings (SSSR count). The predicted octanol–water partition coefficient (Wildman–Crippen LogP) is 2.86. The number of carbonyl (C=O) groups is 1. The molecule has 118 valence electrons. The monoisotopic (exact) mass is 313 g/mol. The van der Waals surface area contributed by atoms with E-state index in [-0.39, 0.29) is 5.92 Å². The Kier molecular flexibility index (Phi) is 5.27. The van der Waals surface area contributed by atoms with E-state index >= 15 is 0 Å². The highest BCUT2D eigenvalue weighted by molar-refractivity contribution is 6.31. The molecule has 0 bridgehead atoms. The number of halogens is 1. The van der Waals surface area contributed by atoms with Crippen molar-refractivity contribution in [2.75, 3.05) is 6.54 Å². The van der Waals surface area contributed by atoms with Gasteiger partial charge in [-0.3, -0.25) is 9.48 Å². The highest BCUT2D eigenvalue weighted by Gasteiger charge is 2.48. The molecule has 2 atom stereocenters. The number of carboxylic acids is 1. The Balaban J connectivity index is 2.06. The third kappa shape index (κ3) is 3.24. The van der Waals surface area contributed by atoms with Crippen molar-refractivity contribution < 1.29 is 9.90 Å². The van der Waals surface area contributed by atoms with Crippen molar-refractivity contribution in [3.63, 3.8) is 0 Å². The highest BCUT2D eigenvalue weighted by atomic mass is 35.5. The van der Waals surface area contributed by atoms with E-state index in [9.17, 15) is 9.90 Å². The Hall–Kier alpha value is -1.07. The molecule has 2 N–H and O–H groups in total. The van der Waals surface area contributed by atoms with E-state index in [1.807, 2.05) is 11.6 Å². The van der Waals surface area contributed by atoms with E-state index in [0.717, 1.165) is 37.9 Å². The van der Waals surface area contributed by atoms with Crippen molar-refractivity contribution in [2.24, 2.45) is 5.92 Å². The van der Waals surface area contributed by atoms with Crippen LogP contribution >= 0.6 is 11.6 Å². The summed E-state index contributed by atoms with van der Waals surface area (Å²) in [7, 11) is 0. The van der Waals surface area contributed by atoms with Crippen LogP contribution in [-0.4, -0.2) is 32.9 Å². The average Bonchev–Trinajstić information content (AvgIpc) is 3.01.